The molecule has 1 unspecified atom stereocenters. The molecule has 0 aliphatic carbocycles. The van der Waals surface area contributed by atoms with Crippen LogP contribution in [0.2, 0.25) is 10.2 Å². The highest BCUT2D eigenvalue weighted by molar-refractivity contribution is 6.33. The van der Waals surface area contributed by atoms with Gasteiger partial charge in [0.25, 0.3) is 5.91 Å². The van der Waals surface area contributed by atoms with Crippen molar-refractivity contribution in [3.8, 4) is 5.75 Å². The van der Waals surface area contributed by atoms with Crippen molar-refractivity contribution in [1.29, 1.82) is 0 Å². The van der Waals surface area contributed by atoms with Crippen molar-refractivity contribution in [2.75, 3.05) is 6.54 Å². The molecule has 132 valence electrons. The Morgan fingerprint density at radius 1 is 1.44 bits per heavy atom. The first-order chi connectivity index (χ1) is 12.0. The summed E-state index contributed by atoms with van der Waals surface area (Å²) in [4.78, 5) is 16.4. The van der Waals surface area contributed by atoms with Crippen LogP contribution in [0.15, 0.2) is 36.5 Å². The molecule has 1 aliphatic rings. The Hall–Kier alpha value is -1.82. The van der Waals surface area contributed by atoms with Gasteiger partial charge >= 0.3 is 0 Å². The van der Waals surface area contributed by atoms with Crippen molar-refractivity contribution in [1.82, 2.24) is 15.6 Å². The van der Waals surface area contributed by atoms with Gasteiger partial charge in [0.15, 0.2) is 0 Å². The summed E-state index contributed by atoms with van der Waals surface area (Å²) in [6.07, 6.45) is 2.74. The molecular weight excluding hydrogens is 361 g/mol. The Morgan fingerprint density at radius 3 is 2.88 bits per heavy atom. The predicted molar refractivity (Wildman–Crippen MR) is 98.4 cm³/mol. The van der Waals surface area contributed by atoms with Gasteiger partial charge in [-0.2, -0.15) is 0 Å². The van der Waals surface area contributed by atoms with Crippen molar-refractivity contribution in [3.63, 3.8) is 0 Å². The third-order valence-electron chi connectivity index (χ3n) is 4.19. The zero-order chi connectivity index (χ0) is 17.8. The minimum absolute atomic E-state index is 0.0438. The molecule has 25 heavy (non-hydrogen) atoms. The van der Waals surface area contributed by atoms with Crippen molar-refractivity contribution < 1.29 is 9.53 Å². The van der Waals surface area contributed by atoms with E-state index in [1.807, 2.05) is 6.92 Å². The van der Waals surface area contributed by atoms with Crippen molar-refractivity contribution in [3.05, 3.63) is 57.8 Å². The number of pyridine rings is 1. The van der Waals surface area contributed by atoms with E-state index in [-0.39, 0.29) is 18.6 Å². The molecule has 5 nitrogen and oxygen atoms in total. The Bertz CT molecular complexity index is 766. The van der Waals surface area contributed by atoms with E-state index < -0.39 is 0 Å². The van der Waals surface area contributed by atoms with E-state index >= 15 is 0 Å². The predicted octanol–water partition coefficient (Wildman–Crippen LogP) is 3.45. The lowest BCUT2D eigenvalue weighted by Crippen LogP contribution is -2.51. The van der Waals surface area contributed by atoms with Crippen molar-refractivity contribution in [2.45, 2.75) is 32.0 Å². The highest BCUT2D eigenvalue weighted by atomic mass is 35.5. The van der Waals surface area contributed by atoms with Crippen LogP contribution in [0.3, 0.4) is 0 Å². The van der Waals surface area contributed by atoms with Gasteiger partial charge in [-0.25, -0.2) is 4.98 Å². The van der Waals surface area contributed by atoms with E-state index in [9.17, 15) is 4.79 Å². The molecule has 0 spiro atoms. The lowest BCUT2D eigenvalue weighted by atomic mass is 10.0. The van der Waals surface area contributed by atoms with E-state index in [4.69, 9.17) is 27.9 Å². The minimum atomic E-state index is -0.264. The number of hydrogen-bond acceptors (Lipinski definition) is 4. The highest BCUT2D eigenvalue weighted by Gasteiger charge is 2.24. The summed E-state index contributed by atoms with van der Waals surface area (Å²) in [7, 11) is 0. The summed E-state index contributed by atoms with van der Waals surface area (Å²) in [5, 5.41) is 6.86. The van der Waals surface area contributed by atoms with Gasteiger partial charge in [-0.3, -0.25) is 4.79 Å². The Morgan fingerprint density at radius 2 is 2.20 bits per heavy atom. The monoisotopic (exact) mass is 379 g/mol. The molecule has 1 aliphatic heterocycles. The van der Waals surface area contributed by atoms with Crippen LogP contribution >= 0.6 is 23.2 Å². The molecule has 1 saturated heterocycles. The molecular formula is C18H19Cl2N3O2. The zero-order valence-corrected chi connectivity index (χ0v) is 15.3. The topological polar surface area (TPSA) is 63.2 Å². The first-order valence-corrected chi connectivity index (χ1v) is 8.87. The number of benzene rings is 1. The summed E-state index contributed by atoms with van der Waals surface area (Å²) in [6.45, 7) is 3.28. The minimum Gasteiger partial charge on any atom is -0.487 e. The normalized spacial score (nSPS) is 17.5. The van der Waals surface area contributed by atoms with Gasteiger partial charge in [0.2, 0.25) is 0 Å². The summed E-state index contributed by atoms with van der Waals surface area (Å²) < 4.78 is 5.91. The van der Waals surface area contributed by atoms with Gasteiger partial charge in [-0.15, -0.1) is 0 Å². The fraction of sp³-hybridized carbons (Fsp3) is 0.333. The van der Waals surface area contributed by atoms with Gasteiger partial charge in [-0.05, 0) is 38.1 Å². The van der Waals surface area contributed by atoms with Gasteiger partial charge in [0.05, 0.1) is 16.8 Å². The second-order valence-corrected chi connectivity index (χ2v) is 6.72. The molecule has 7 heteroatoms. The van der Waals surface area contributed by atoms with Crippen LogP contribution in [0, 0.1) is 0 Å². The molecule has 1 aromatic heterocycles. The number of carbonyl (C=O) groups is 1. The van der Waals surface area contributed by atoms with Crippen molar-refractivity contribution >= 4 is 29.1 Å². The molecule has 0 bridgehead atoms. The van der Waals surface area contributed by atoms with E-state index in [1.165, 1.54) is 0 Å². The van der Waals surface area contributed by atoms with Crippen LogP contribution in [0.1, 0.15) is 29.3 Å². The van der Waals surface area contributed by atoms with Gasteiger partial charge in [-0.1, -0.05) is 35.3 Å². The quantitative estimate of drug-likeness (QED) is 0.754. The maximum absolute atomic E-state index is 12.3. The standard InChI is InChI=1S/C18H19Cl2N3O2/c1-11(16-6-7-21-16)25-13-8-12(17(20)22-10-13)9-23-18(24)14-4-2-3-5-15(14)19/h2-5,8,10-11,16,21H,6-7,9H2,1H3,(H,23,24)/t11?,16-/m0/s1. The molecule has 1 amide bonds. The van der Waals surface area contributed by atoms with Crippen LogP contribution in [0.25, 0.3) is 0 Å². The van der Waals surface area contributed by atoms with Crippen LogP contribution in [-0.2, 0) is 6.54 Å². The maximum Gasteiger partial charge on any atom is 0.253 e. The molecule has 2 N–H and O–H groups in total. The summed E-state index contributed by atoms with van der Waals surface area (Å²) in [5.74, 6) is 0.368. The van der Waals surface area contributed by atoms with Gasteiger partial charge in [0.1, 0.15) is 17.0 Å². The zero-order valence-electron chi connectivity index (χ0n) is 13.8. The Labute approximate surface area is 156 Å². The number of hydrogen-bond donors (Lipinski definition) is 2. The second-order valence-electron chi connectivity index (χ2n) is 5.96. The van der Waals surface area contributed by atoms with Crippen LogP contribution in [0.5, 0.6) is 5.75 Å². The molecule has 2 heterocycles. The van der Waals surface area contributed by atoms with Crippen LogP contribution in [0.4, 0.5) is 0 Å². The van der Waals surface area contributed by atoms with Crippen LogP contribution in [-0.4, -0.2) is 29.6 Å². The van der Waals surface area contributed by atoms with E-state index in [1.54, 1.807) is 36.5 Å². The van der Waals surface area contributed by atoms with Gasteiger partial charge < -0.3 is 15.4 Å². The Balaban J connectivity index is 1.64. The number of aromatic nitrogens is 1. The lowest BCUT2D eigenvalue weighted by Gasteiger charge is -2.33. The number of carbonyl (C=O) groups excluding carboxylic acids is 1. The van der Waals surface area contributed by atoms with Crippen molar-refractivity contribution in [2.24, 2.45) is 0 Å². The van der Waals surface area contributed by atoms with E-state index in [2.05, 4.69) is 15.6 Å². The lowest BCUT2D eigenvalue weighted by molar-refractivity contribution is 0.0951. The Kier molecular flexibility index (Phi) is 5.78. The number of nitrogens with zero attached hydrogens (tertiary/aromatic N) is 1. The molecule has 3 rings (SSSR count). The third kappa shape index (κ3) is 4.42. The molecule has 0 radical (unpaired) electrons. The van der Waals surface area contributed by atoms with Crippen LogP contribution < -0.4 is 15.4 Å². The second kappa shape index (κ2) is 8.04. The highest BCUT2D eigenvalue weighted by Crippen LogP contribution is 2.22. The fourth-order valence-electron chi connectivity index (χ4n) is 2.58. The third-order valence-corrected chi connectivity index (χ3v) is 4.86. The summed E-state index contributed by atoms with van der Waals surface area (Å²) in [6, 6.07) is 9.05. The average molecular weight is 380 g/mol. The van der Waals surface area contributed by atoms with Gasteiger partial charge in [0, 0.05) is 18.2 Å². The molecule has 1 aromatic carbocycles. The molecule has 2 atom stereocenters. The number of halogens is 2. The molecule has 2 aromatic rings. The first kappa shape index (κ1) is 18.0. The number of amides is 1. The number of rotatable bonds is 6. The fourth-order valence-corrected chi connectivity index (χ4v) is 2.98. The smallest absolute Gasteiger partial charge is 0.253 e. The first-order valence-electron chi connectivity index (χ1n) is 8.12. The average Bonchev–Trinajstić information content (AvgIpc) is 2.53. The SMILES string of the molecule is CC(Oc1cnc(Cl)c(CNC(=O)c2ccccc2Cl)c1)[C@@H]1CCN1. The number of ether oxygens (including phenoxy) is 1. The number of nitrogens with one attached hydrogen (secondary N) is 2. The maximum atomic E-state index is 12.3. The summed E-state index contributed by atoms with van der Waals surface area (Å²) >= 11 is 12.2. The van der Waals surface area contributed by atoms with E-state index in [0.717, 1.165) is 13.0 Å². The largest absolute Gasteiger partial charge is 0.487 e. The molecule has 0 saturated carbocycles. The molecule has 1 fully saturated rings. The summed E-state index contributed by atoms with van der Waals surface area (Å²) in [5.41, 5.74) is 1.11. The van der Waals surface area contributed by atoms with E-state index in [0.29, 0.717) is 33.1 Å².